The standard InChI is InChI=1S/C33H31NO2/c1-3-10-24(11-4-1)20-21-35-26-18-19-31-30(22-26)27-15-9-16-28(27)33(34-31)29-14-7-8-17-32(29)36-23-25-12-5-2-6-13-25/h1-15,17-19,22,27-28,33-34H,16,20-21,23H2. The van der Waals surface area contributed by atoms with Crippen molar-refractivity contribution in [2.45, 2.75) is 31.4 Å². The van der Waals surface area contributed by atoms with Crippen molar-refractivity contribution in [2.75, 3.05) is 11.9 Å². The van der Waals surface area contributed by atoms with Gasteiger partial charge in [0.05, 0.1) is 12.6 Å². The van der Waals surface area contributed by atoms with Gasteiger partial charge in [0.25, 0.3) is 0 Å². The fraction of sp³-hybridized carbons (Fsp3) is 0.212. The number of hydrogen-bond donors (Lipinski definition) is 1. The molecule has 3 heteroatoms. The first-order valence-corrected chi connectivity index (χ1v) is 12.8. The fourth-order valence-corrected chi connectivity index (χ4v) is 5.51. The first-order chi connectivity index (χ1) is 17.8. The average molecular weight is 474 g/mol. The maximum atomic E-state index is 6.33. The number of fused-ring (bicyclic) bond motifs is 3. The zero-order chi connectivity index (χ0) is 24.2. The molecule has 0 spiro atoms. The topological polar surface area (TPSA) is 30.5 Å². The molecule has 4 aromatic carbocycles. The minimum atomic E-state index is 0.189. The Morgan fingerprint density at radius 1 is 0.722 bits per heavy atom. The van der Waals surface area contributed by atoms with E-state index in [4.69, 9.17) is 9.47 Å². The van der Waals surface area contributed by atoms with Crippen LogP contribution in [0.3, 0.4) is 0 Å². The molecule has 6 rings (SSSR count). The van der Waals surface area contributed by atoms with Gasteiger partial charge < -0.3 is 14.8 Å². The zero-order valence-electron chi connectivity index (χ0n) is 20.3. The number of hydrogen-bond acceptors (Lipinski definition) is 3. The van der Waals surface area contributed by atoms with Crippen molar-refractivity contribution in [3.8, 4) is 11.5 Å². The van der Waals surface area contributed by atoms with Crippen LogP contribution in [-0.2, 0) is 13.0 Å². The third-order valence-corrected chi connectivity index (χ3v) is 7.33. The molecule has 1 N–H and O–H groups in total. The van der Waals surface area contributed by atoms with E-state index in [0.29, 0.717) is 25.0 Å². The Balaban J connectivity index is 1.20. The average Bonchev–Trinajstić information content (AvgIpc) is 3.44. The molecule has 3 atom stereocenters. The Bertz CT molecular complexity index is 1330. The lowest BCUT2D eigenvalue weighted by molar-refractivity contribution is 0.296. The molecule has 0 bridgehead atoms. The fourth-order valence-electron chi connectivity index (χ4n) is 5.51. The Hall–Kier alpha value is -3.98. The summed E-state index contributed by atoms with van der Waals surface area (Å²) in [6.45, 7) is 1.24. The maximum absolute atomic E-state index is 6.33. The summed E-state index contributed by atoms with van der Waals surface area (Å²) < 4.78 is 12.5. The molecule has 0 aromatic heterocycles. The van der Waals surface area contributed by atoms with Crippen molar-refractivity contribution >= 4 is 5.69 Å². The van der Waals surface area contributed by atoms with E-state index in [0.717, 1.165) is 24.3 Å². The van der Waals surface area contributed by atoms with Crippen LogP contribution in [0.1, 0.15) is 40.6 Å². The molecule has 2 aliphatic rings. The van der Waals surface area contributed by atoms with E-state index in [1.165, 1.54) is 27.9 Å². The lowest BCUT2D eigenvalue weighted by Gasteiger charge is -2.38. The number of nitrogens with one attached hydrogen (secondary N) is 1. The number of benzene rings is 4. The van der Waals surface area contributed by atoms with Gasteiger partial charge in [-0.3, -0.25) is 0 Å². The highest BCUT2D eigenvalue weighted by atomic mass is 16.5. The largest absolute Gasteiger partial charge is 0.493 e. The number of para-hydroxylation sites is 1. The van der Waals surface area contributed by atoms with Crippen molar-refractivity contribution in [2.24, 2.45) is 5.92 Å². The third-order valence-electron chi connectivity index (χ3n) is 7.33. The number of rotatable bonds is 8. The summed E-state index contributed by atoms with van der Waals surface area (Å²) in [4.78, 5) is 0. The van der Waals surface area contributed by atoms with Gasteiger partial charge in [0.2, 0.25) is 0 Å². The van der Waals surface area contributed by atoms with Crippen LogP contribution >= 0.6 is 0 Å². The van der Waals surface area contributed by atoms with Gasteiger partial charge in [0, 0.05) is 23.6 Å². The predicted octanol–water partition coefficient (Wildman–Crippen LogP) is 7.71. The third kappa shape index (κ3) is 4.74. The monoisotopic (exact) mass is 473 g/mol. The number of allylic oxidation sites excluding steroid dienone is 2. The molecular formula is C33H31NO2. The van der Waals surface area contributed by atoms with Crippen LogP contribution in [0, 0.1) is 5.92 Å². The first-order valence-electron chi connectivity index (χ1n) is 12.8. The van der Waals surface area contributed by atoms with E-state index in [1.807, 2.05) is 12.1 Å². The molecule has 0 saturated carbocycles. The van der Waals surface area contributed by atoms with Crippen LogP contribution in [0.2, 0.25) is 0 Å². The van der Waals surface area contributed by atoms with Crippen LogP contribution in [0.15, 0.2) is 115 Å². The summed E-state index contributed by atoms with van der Waals surface area (Å²) in [5.74, 6) is 2.70. The molecule has 0 fully saturated rings. The molecule has 1 aliphatic heterocycles. The van der Waals surface area contributed by atoms with Crippen LogP contribution in [-0.4, -0.2) is 6.61 Å². The van der Waals surface area contributed by atoms with E-state index in [1.54, 1.807) is 0 Å². The van der Waals surface area contributed by atoms with E-state index in [9.17, 15) is 0 Å². The molecule has 3 unspecified atom stereocenters. The highest BCUT2D eigenvalue weighted by Crippen LogP contribution is 2.51. The second kappa shape index (κ2) is 10.3. The Morgan fingerprint density at radius 3 is 2.31 bits per heavy atom. The lowest BCUT2D eigenvalue weighted by atomic mass is 9.77. The molecule has 0 radical (unpaired) electrons. The second-order valence-corrected chi connectivity index (χ2v) is 9.62. The van der Waals surface area contributed by atoms with Crippen molar-refractivity contribution < 1.29 is 9.47 Å². The van der Waals surface area contributed by atoms with E-state index < -0.39 is 0 Å². The van der Waals surface area contributed by atoms with Crippen LogP contribution in [0.4, 0.5) is 5.69 Å². The van der Waals surface area contributed by atoms with Gasteiger partial charge in [0.1, 0.15) is 18.1 Å². The minimum Gasteiger partial charge on any atom is -0.493 e. The Kier molecular flexibility index (Phi) is 6.45. The molecule has 4 aromatic rings. The molecule has 0 amide bonds. The smallest absolute Gasteiger partial charge is 0.125 e. The van der Waals surface area contributed by atoms with E-state index in [-0.39, 0.29) is 6.04 Å². The van der Waals surface area contributed by atoms with Crippen molar-refractivity contribution in [1.29, 1.82) is 0 Å². The van der Waals surface area contributed by atoms with Gasteiger partial charge in [-0.15, -0.1) is 0 Å². The molecular weight excluding hydrogens is 442 g/mol. The predicted molar refractivity (Wildman–Crippen MR) is 146 cm³/mol. The van der Waals surface area contributed by atoms with Crippen molar-refractivity contribution in [1.82, 2.24) is 0 Å². The highest BCUT2D eigenvalue weighted by Gasteiger charge is 2.39. The van der Waals surface area contributed by atoms with Gasteiger partial charge in [0.15, 0.2) is 0 Å². The lowest BCUT2D eigenvalue weighted by Crippen LogP contribution is -2.29. The number of anilines is 1. The summed E-state index contributed by atoms with van der Waals surface area (Å²) in [5, 5.41) is 3.86. The van der Waals surface area contributed by atoms with Gasteiger partial charge in [-0.1, -0.05) is 91.0 Å². The van der Waals surface area contributed by atoms with Gasteiger partial charge >= 0.3 is 0 Å². The molecule has 180 valence electrons. The minimum absolute atomic E-state index is 0.189. The molecule has 36 heavy (non-hydrogen) atoms. The molecule has 1 aliphatic carbocycles. The summed E-state index contributed by atoms with van der Waals surface area (Å²) >= 11 is 0. The molecule has 0 saturated heterocycles. The van der Waals surface area contributed by atoms with Gasteiger partial charge in [-0.25, -0.2) is 0 Å². The number of ether oxygens (including phenoxy) is 2. The highest BCUT2D eigenvalue weighted by molar-refractivity contribution is 5.62. The van der Waals surface area contributed by atoms with Crippen molar-refractivity contribution in [3.05, 3.63) is 138 Å². The molecule has 3 nitrogen and oxygen atoms in total. The summed E-state index contributed by atoms with van der Waals surface area (Å²) in [5.41, 5.74) is 6.20. The van der Waals surface area contributed by atoms with Crippen LogP contribution in [0.25, 0.3) is 0 Å². The summed E-state index contributed by atoms with van der Waals surface area (Å²) in [7, 11) is 0. The van der Waals surface area contributed by atoms with Crippen molar-refractivity contribution in [3.63, 3.8) is 0 Å². The maximum Gasteiger partial charge on any atom is 0.125 e. The van der Waals surface area contributed by atoms with E-state index in [2.05, 4.69) is 108 Å². The first kappa shape index (κ1) is 22.5. The van der Waals surface area contributed by atoms with Gasteiger partial charge in [-0.2, -0.15) is 0 Å². The second-order valence-electron chi connectivity index (χ2n) is 9.62. The van der Waals surface area contributed by atoms with E-state index >= 15 is 0 Å². The van der Waals surface area contributed by atoms with Gasteiger partial charge in [-0.05, 0) is 53.3 Å². The SMILES string of the molecule is C1=CC2c3cc(OCCc4ccccc4)ccc3NC(c3ccccc3OCc3ccccc3)C2C1. The Morgan fingerprint density at radius 2 is 1.47 bits per heavy atom. The normalized spacial score (nSPS) is 19.7. The quantitative estimate of drug-likeness (QED) is 0.266. The van der Waals surface area contributed by atoms with Crippen LogP contribution < -0.4 is 14.8 Å². The molecule has 1 heterocycles. The Labute approximate surface area is 213 Å². The summed E-state index contributed by atoms with van der Waals surface area (Å²) in [6, 6.07) is 36.0. The van der Waals surface area contributed by atoms with Crippen LogP contribution in [0.5, 0.6) is 11.5 Å². The summed E-state index contributed by atoms with van der Waals surface area (Å²) in [6.07, 6.45) is 6.66. The zero-order valence-corrected chi connectivity index (χ0v) is 20.3.